The number of sulfonamides is 1. The SMILES string of the molecule is COC(=O)c1ncsc1S(=O)(=O)N[C@@H]1CCCC[C@H]1O. The summed E-state index contributed by atoms with van der Waals surface area (Å²) in [5.74, 6) is -0.796. The second-order valence-corrected chi connectivity index (χ2v) is 7.32. The predicted molar refractivity (Wildman–Crippen MR) is 72.0 cm³/mol. The average molecular weight is 320 g/mol. The third-order valence-corrected chi connectivity index (χ3v) is 6.05. The van der Waals surface area contributed by atoms with E-state index in [1.54, 1.807) is 0 Å². The fraction of sp³-hybridized carbons (Fsp3) is 0.636. The van der Waals surface area contributed by atoms with Gasteiger partial charge in [0.05, 0.1) is 18.7 Å². The number of rotatable bonds is 4. The van der Waals surface area contributed by atoms with Gasteiger partial charge in [0.2, 0.25) is 0 Å². The first-order valence-corrected chi connectivity index (χ1v) is 8.54. The molecule has 0 aromatic carbocycles. The molecule has 9 heteroatoms. The molecule has 2 atom stereocenters. The zero-order valence-corrected chi connectivity index (χ0v) is 12.5. The van der Waals surface area contributed by atoms with Crippen molar-refractivity contribution in [3.05, 3.63) is 11.2 Å². The number of thiazole rings is 1. The molecule has 1 heterocycles. The number of esters is 1. The first-order chi connectivity index (χ1) is 9.45. The number of ether oxygens (including phenoxy) is 1. The second-order valence-electron chi connectivity index (χ2n) is 4.56. The molecule has 1 aliphatic rings. The van der Waals surface area contributed by atoms with Crippen molar-refractivity contribution < 1.29 is 23.1 Å². The summed E-state index contributed by atoms with van der Waals surface area (Å²) in [7, 11) is -2.73. The van der Waals surface area contributed by atoms with Gasteiger partial charge in [-0.15, -0.1) is 11.3 Å². The van der Waals surface area contributed by atoms with Gasteiger partial charge in [-0.25, -0.2) is 22.9 Å². The molecule has 0 amide bonds. The molecule has 2 N–H and O–H groups in total. The van der Waals surface area contributed by atoms with Crippen molar-refractivity contribution in [1.82, 2.24) is 9.71 Å². The van der Waals surface area contributed by atoms with Gasteiger partial charge in [-0.05, 0) is 12.8 Å². The number of aromatic nitrogens is 1. The second kappa shape index (κ2) is 6.17. The molecule has 1 aromatic heterocycles. The van der Waals surface area contributed by atoms with Crippen LogP contribution in [0, 0.1) is 0 Å². The zero-order chi connectivity index (χ0) is 14.8. The van der Waals surface area contributed by atoms with E-state index in [-0.39, 0.29) is 9.90 Å². The predicted octanol–water partition coefficient (Wildman–Crippen LogP) is 0.511. The lowest BCUT2D eigenvalue weighted by Crippen LogP contribution is -2.45. The molecular weight excluding hydrogens is 304 g/mol. The smallest absolute Gasteiger partial charge is 0.358 e. The van der Waals surface area contributed by atoms with Crippen molar-refractivity contribution in [2.45, 2.75) is 42.0 Å². The Balaban J connectivity index is 2.22. The third kappa shape index (κ3) is 3.17. The highest BCUT2D eigenvalue weighted by molar-refractivity contribution is 7.91. The van der Waals surface area contributed by atoms with Gasteiger partial charge in [-0.2, -0.15) is 0 Å². The topological polar surface area (TPSA) is 106 Å². The Labute approximate surface area is 121 Å². The molecule has 0 radical (unpaired) electrons. The molecule has 20 heavy (non-hydrogen) atoms. The summed E-state index contributed by atoms with van der Waals surface area (Å²) in [4.78, 5) is 15.2. The average Bonchev–Trinajstić information content (AvgIpc) is 2.90. The first-order valence-electron chi connectivity index (χ1n) is 6.18. The number of aliphatic hydroxyl groups excluding tert-OH is 1. The van der Waals surface area contributed by atoms with Gasteiger partial charge in [0.25, 0.3) is 10.0 Å². The molecule has 2 rings (SSSR count). The number of aliphatic hydroxyl groups is 1. The van der Waals surface area contributed by atoms with Crippen LogP contribution >= 0.6 is 11.3 Å². The van der Waals surface area contributed by atoms with Gasteiger partial charge in [0.15, 0.2) is 9.90 Å². The minimum atomic E-state index is -3.89. The summed E-state index contributed by atoms with van der Waals surface area (Å²) < 4.78 is 31.4. The summed E-state index contributed by atoms with van der Waals surface area (Å²) in [6, 6.07) is -0.527. The van der Waals surface area contributed by atoms with Crippen LogP contribution in [-0.2, 0) is 14.8 Å². The lowest BCUT2D eigenvalue weighted by Gasteiger charge is -2.27. The maximum Gasteiger partial charge on any atom is 0.358 e. The number of methoxy groups -OCH3 is 1. The summed E-state index contributed by atoms with van der Waals surface area (Å²) in [5.41, 5.74) is 1.05. The lowest BCUT2D eigenvalue weighted by atomic mass is 9.93. The van der Waals surface area contributed by atoms with Gasteiger partial charge in [0, 0.05) is 6.04 Å². The molecule has 0 spiro atoms. The summed E-state index contributed by atoms with van der Waals surface area (Å²) in [6.45, 7) is 0. The zero-order valence-electron chi connectivity index (χ0n) is 10.9. The number of hydrogen-bond acceptors (Lipinski definition) is 7. The molecule has 7 nitrogen and oxygen atoms in total. The van der Waals surface area contributed by atoms with E-state index in [2.05, 4.69) is 14.4 Å². The van der Waals surface area contributed by atoms with Crippen molar-refractivity contribution in [3.63, 3.8) is 0 Å². The molecule has 0 bridgehead atoms. The maximum atomic E-state index is 12.3. The van der Waals surface area contributed by atoms with Crippen LogP contribution in [0.4, 0.5) is 0 Å². The Bertz CT molecular complexity index is 583. The molecular formula is C11H16N2O5S2. The van der Waals surface area contributed by atoms with Crippen LogP contribution < -0.4 is 4.72 Å². The molecule has 0 unspecified atom stereocenters. The maximum absolute atomic E-state index is 12.3. The monoisotopic (exact) mass is 320 g/mol. The highest BCUT2D eigenvalue weighted by Crippen LogP contribution is 2.24. The van der Waals surface area contributed by atoms with E-state index in [0.717, 1.165) is 31.3 Å². The number of carbonyl (C=O) groups excluding carboxylic acids is 1. The van der Waals surface area contributed by atoms with Crippen LogP contribution in [0.15, 0.2) is 9.72 Å². The third-order valence-electron chi connectivity index (χ3n) is 3.19. The molecule has 112 valence electrons. The Morgan fingerprint density at radius 1 is 1.50 bits per heavy atom. The molecule has 0 aliphatic heterocycles. The van der Waals surface area contributed by atoms with Gasteiger partial charge in [-0.1, -0.05) is 12.8 Å². The number of nitrogens with zero attached hydrogens (tertiary/aromatic N) is 1. The molecule has 0 saturated heterocycles. The summed E-state index contributed by atoms with van der Waals surface area (Å²) in [6.07, 6.45) is 2.18. The summed E-state index contributed by atoms with van der Waals surface area (Å²) in [5, 5.41) is 9.82. The van der Waals surface area contributed by atoms with Crippen molar-refractivity contribution in [2.24, 2.45) is 0 Å². The van der Waals surface area contributed by atoms with Crippen LogP contribution in [0.5, 0.6) is 0 Å². The highest BCUT2D eigenvalue weighted by Gasteiger charge is 2.32. The number of carbonyl (C=O) groups is 1. The van der Waals surface area contributed by atoms with Crippen molar-refractivity contribution in [3.8, 4) is 0 Å². The Kier molecular flexibility index (Phi) is 4.74. The normalized spacial score (nSPS) is 23.5. The Morgan fingerprint density at radius 2 is 2.20 bits per heavy atom. The van der Waals surface area contributed by atoms with Crippen LogP contribution in [0.25, 0.3) is 0 Å². The van der Waals surface area contributed by atoms with Crippen LogP contribution in [0.3, 0.4) is 0 Å². The van der Waals surface area contributed by atoms with E-state index < -0.39 is 28.1 Å². The minimum Gasteiger partial charge on any atom is -0.464 e. The van der Waals surface area contributed by atoms with Crippen molar-refractivity contribution >= 4 is 27.3 Å². The van der Waals surface area contributed by atoms with Gasteiger partial charge >= 0.3 is 5.97 Å². The minimum absolute atomic E-state index is 0.179. The van der Waals surface area contributed by atoms with Gasteiger partial charge in [0.1, 0.15) is 0 Å². The van der Waals surface area contributed by atoms with E-state index in [4.69, 9.17) is 0 Å². The fourth-order valence-electron chi connectivity index (χ4n) is 2.16. The van der Waals surface area contributed by atoms with Gasteiger partial charge in [-0.3, -0.25) is 0 Å². The molecule has 1 saturated carbocycles. The van der Waals surface area contributed by atoms with E-state index in [0.29, 0.717) is 12.8 Å². The number of hydrogen-bond donors (Lipinski definition) is 2. The van der Waals surface area contributed by atoms with Crippen LogP contribution in [0.1, 0.15) is 36.2 Å². The van der Waals surface area contributed by atoms with Crippen molar-refractivity contribution in [1.29, 1.82) is 0 Å². The Morgan fingerprint density at radius 3 is 2.85 bits per heavy atom. The number of nitrogens with one attached hydrogen (secondary N) is 1. The molecule has 1 fully saturated rings. The van der Waals surface area contributed by atoms with Crippen molar-refractivity contribution in [2.75, 3.05) is 7.11 Å². The lowest BCUT2D eigenvalue weighted by molar-refractivity contribution is 0.0590. The standard InChI is InChI=1S/C11H16N2O5S2/c1-18-10(15)9-11(19-6-12-9)20(16,17)13-7-4-2-3-5-8(7)14/h6-8,13-14H,2-5H2,1H3/t7-,8-/m1/s1. The quantitative estimate of drug-likeness (QED) is 0.783. The van der Waals surface area contributed by atoms with E-state index in [1.165, 1.54) is 5.51 Å². The molecule has 1 aromatic rings. The Hall–Kier alpha value is -1.03. The van der Waals surface area contributed by atoms with Crippen LogP contribution in [-0.4, -0.2) is 43.7 Å². The van der Waals surface area contributed by atoms with E-state index in [9.17, 15) is 18.3 Å². The first kappa shape index (κ1) is 15.4. The van der Waals surface area contributed by atoms with Crippen LogP contribution in [0.2, 0.25) is 0 Å². The van der Waals surface area contributed by atoms with Gasteiger partial charge < -0.3 is 9.84 Å². The van der Waals surface area contributed by atoms with E-state index >= 15 is 0 Å². The largest absolute Gasteiger partial charge is 0.464 e. The highest BCUT2D eigenvalue weighted by atomic mass is 32.2. The summed E-state index contributed by atoms with van der Waals surface area (Å²) >= 11 is 0.846. The molecule has 1 aliphatic carbocycles. The fourth-order valence-corrected chi connectivity index (χ4v) is 4.61. The van der Waals surface area contributed by atoms with E-state index in [1.807, 2.05) is 0 Å².